The third-order valence-electron chi connectivity index (χ3n) is 5.89. The topological polar surface area (TPSA) is 12.5 Å². The minimum Gasteiger partial charge on any atom is -1.00 e. The van der Waals surface area contributed by atoms with Gasteiger partial charge in [-0.25, -0.2) is 0 Å². The molecule has 1 rings (SSSR count). The first-order chi connectivity index (χ1) is 12.1. The molecule has 3 heteroatoms. The molecule has 26 heavy (non-hydrogen) atoms. The number of likely N-dealkylation sites (N-methyl/N-ethyl adjacent to an activating group) is 1. The van der Waals surface area contributed by atoms with E-state index in [-0.39, 0.29) is 12.4 Å². The van der Waals surface area contributed by atoms with Gasteiger partial charge in [-0.15, -0.1) is 0 Å². The van der Waals surface area contributed by atoms with Gasteiger partial charge in [-0.2, -0.15) is 0 Å². The molecule has 2 nitrogen and oxygen atoms in total. The van der Waals surface area contributed by atoms with Gasteiger partial charge in [0.2, 0.25) is 6.23 Å². The van der Waals surface area contributed by atoms with Crippen LogP contribution in [0.2, 0.25) is 0 Å². The van der Waals surface area contributed by atoms with Crippen molar-refractivity contribution < 1.29 is 21.6 Å². The van der Waals surface area contributed by atoms with Crippen LogP contribution in [0.15, 0.2) is 0 Å². The maximum absolute atomic E-state index is 5.92. The quantitative estimate of drug-likeness (QED) is 0.195. The SMILES string of the molecule is CCCCCCCCCCCCCCCCC1OC1[N+](C)(C)CCC.[Cl-]. The van der Waals surface area contributed by atoms with E-state index in [1.807, 2.05) is 0 Å². The molecular weight excluding hydrogens is 342 g/mol. The van der Waals surface area contributed by atoms with Crippen LogP contribution in [0.5, 0.6) is 0 Å². The average molecular weight is 390 g/mol. The second-order valence-electron chi connectivity index (χ2n) is 8.95. The van der Waals surface area contributed by atoms with E-state index in [0.29, 0.717) is 12.3 Å². The Hall–Kier alpha value is 0.210. The van der Waals surface area contributed by atoms with Gasteiger partial charge in [0.15, 0.2) is 0 Å². The zero-order valence-electron chi connectivity index (χ0n) is 18.4. The Morgan fingerprint density at radius 3 is 1.46 bits per heavy atom. The largest absolute Gasteiger partial charge is 1.00 e. The fourth-order valence-electron chi connectivity index (χ4n) is 4.20. The number of hydrogen-bond acceptors (Lipinski definition) is 1. The minimum absolute atomic E-state index is 0. The molecule has 0 aromatic heterocycles. The van der Waals surface area contributed by atoms with Gasteiger partial charge in [0.1, 0.15) is 6.10 Å². The van der Waals surface area contributed by atoms with E-state index in [1.54, 1.807) is 0 Å². The molecule has 1 saturated heterocycles. The lowest BCUT2D eigenvalue weighted by Gasteiger charge is -2.27. The number of rotatable bonds is 18. The van der Waals surface area contributed by atoms with E-state index in [9.17, 15) is 0 Å². The summed E-state index contributed by atoms with van der Waals surface area (Å²) in [6.07, 6.45) is 23.8. The molecule has 0 spiro atoms. The highest BCUT2D eigenvalue weighted by molar-refractivity contribution is 4.77. The standard InChI is InChI=1S/C23H48NO.ClH/c1-5-7-8-9-10-11-12-13-14-15-16-17-18-19-20-22-23(25-22)24(3,4)21-6-2;/h22-23H,5-21H2,1-4H3;1H/q+1;/p-1. The van der Waals surface area contributed by atoms with Crippen molar-refractivity contribution in [3.8, 4) is 0 Å². The lowest BCUT2D eigenvalue weighted by molar-refractivity contribution is -0.911. The number of halogens is 1. The summed E-state index contributed by atoms with van der Waals surface area (Å²) in [6, 6.07) is 0. The average Bonchev–Trinajstić information content (AvgIpc) is 3.36. The summed E-state index contributed by atoms with van der Waals surface area (Å²) in [5.41, 5.74) is 0. The van der Waals surface area contributed by atoms with Crippen molar-refractivity contribution in [2.75, 3.05) is 20.6 Å². The van der Waals surface area contributed by atoms with Crippen LogP contribution in [0.4, 0.5) is 0 Å². The van der Waals surface area contributed by atoms with Crippen LogP contribution in [0.25, 0.3) is 0 Å². The molecule has 1 aliphatic rings. The van der Waals surface area contributed by atoms with Crippen molar-refractivity contribution in [1.29, 1.82) is 0 Å². The summed E-state index contributed by atoms with van der Waals surface area (Å²) in [5, 5.41) is 0. The molecule has 0 saturated carbocycles. The van der Waals surface area contributed by atoms with E-state index >= 15 is 0 Å². The first kappa shape index (κ1) is 26.2. The van der Waals surface area contributed by atoms with Gasteiger partial charge in [-0.05, 0) is 12.8 Å². The molecule has 0 aromatic carbocycles. The maximum atomic E-state index is 5.92. The van der Waals surface area contributed by atoms with E-state index in [4.69, 9.17) is 4.74 Å². The van der Waals surface area contributed by atoms with Gasteiger partial charge in [0.05, 0.1) is 20.6 Å². The molecule has 0 N–H and O–H groups in total. The highest BCUT2D eigenvalue weighted by Gasteiger charge is 2.50. The summed E-state index contributed by atoms with van der Waals surface area (Å²) in [7, 11) is 4.64. The van der Waals surface area contributed by atoms with Crippen molar-refractivity contribution in [3.63, 3.8) is 0 Å². The monoisotopic (exact) mass is 389 g/mol. The van der Waals surface area contributed by atoms with Crippen LogP contribution >= 0.6 is 0 Å². The number of ether oxygens (including phenoxy) is 1. The molecule has 0 amide bonds. The highest BCUT2D eigenvalue weighted by Crippen LogP contribution is 2.33. The molecule has 0 aliphatic carbocycles. The summed E-state index contributed by atoms with van der Waals surface area (Å²) >= 11 is 0. The zero-order valence-corrected chi connectivity index (χ0v) is 19.2. The van der Waals surface area contributed by atoms with Crippen molar-refractivity contribution in [2.45, 2.75) is 129 Å². The molecule has 2 atom stereocenters. The van der Waals surface area contributed by atoms with E-state index in [1.165, 1.54) is 109 Å². The predicted molar refractivity (Wildman–Crippen MR) is 111 cm³/mol. The molecule has 0 radical (unpaired) electrons. The van der Waals surface area contributed by atoms with Gasteiger partial charge < -0.3 is 21.6 Å². The summed E-state index contributed by atoms with van der Waals surface area (Å²) in [5.74, 6) is 0. The second kappa shape index (κ2) is 16.2. The van der Waals surface area contributed by atoms with Crippen molar-refractivity contribution in [2.24, 2.45) is 0 Å². The van der Waals surface area contributed by atoms with Crippen LogP contribution in [0.1, 0.15) is 117 Å². The lowest BCUT2D eigenvalue weighted by Crippen LogP contribution is -3.00. The van der Waals surface area contributed by atoms with Gasteiger partial charge >= 0.3 is 0 Å². The Morgan fingerprint density at radius 1 is 0.615 bits per heavy atom. The Labute approximate surface area is 171 Å². The summed E-state index contributed by atoms with van der Waals surface area (Å²) in [4.78, 5) is 0. The molecule has 1 aliphatic heterocycles. The van der Waals surface area contributed by atoms with Gasteiger partial charge in [-0.1, -0.05) is 104 Å². The van der Waals surface area contributed by atoms with Crippen LogP contribution in [0.3, 0.4) is 0 Å². The van der Waals surface area contributed by atoms with Crippen molar-refractivity contribution >= 4 is 0 Å². The van der Waals surface area contributed by atoms with Crippen LogP contribution in [0, 0.1) is 0 Å². The summed E-state index contributed by atoms with van der Waals surface area (Å²) < 4.78 is 6.98. The Kier molecular flexibility index (Phi) is 16.3. The molecule has 0 aromatic rings. The number of quaternary nitrogens is 1. The fourth-order valence-corrected chi connectivity index (χ4v) is 4.20. The van der Waals surface area contributed by atoms with E-state index in [0.717, 1.165) is 4.48 Å². The van der Waals surface area contributed by atoms with Crippen LogP contribution < -0.4 is 12.4 Å². The number of hydrogen-bond donors (Lipinski definition) is 0. The third-order valence-corrected chi connectivity index (χ3v) is 5.89. The Balaban J connectivity index is 0.00000625. The number of unbranched alkanes of at least 4 members (excludes halogenated alkanes) is 13. The van der Waals surface area contributed by atoms with Gasteiger partial charge in [0, 0.05) is 0 Å². The number of epoxide rings is 1. The molecule has 1 fully saturated rings. The summed E-state index contributed by atoms with van der Waals surface area (Å²) in [6.45, 7) is 5.80. The zero-order chi connectivity index (χ0) is 18.4. The molecular formula is C23H48ClNO. The third kappa shape index (κ3) is 12.6. The van der Waals surface area contributed by atoms with E-state index < -0.39 is 0 Å². The lowest BCUT2D eigenvalue weighted by atomic mass is 10.0. The first-order valence-electron chi connectivity index (χ1n) is 11.6. The van der Waals surface area contributed by atoms with Gasteiger partial charge in [-0.3, -0.25) is 0 Å². The molecule has 158 valence electrons. The second-order valence-corrected chi connectivity index (χ2v) is 8.95. The Morgan fingerprint density at radius 2 is 1.04 bits per heavy atom. The van der Waals surface area contributed by atoms with Crippen LogP contribution in [-0.4, -0.2) is 37.5 Å². The molecule has 1 heterocycles. The molecule has 0 bridgehead atoms. The van der Waals surface area contributed by atoms with Crippen molar-refractivity contribution in [1.82, 2.24) is 0 Å². The maximum Gasteiger partial charge on any atom is 0.220 e. The van der Waals surface area contributed by atoms with Gasteiger partial charge in [0.25, 0.3) is 0 Å². The highest BCUT2D eigenvalue weighted by atomic mass is 35.5. The van der Waals surface area contributed by atoms with Crippen LogP contribution in [-0.2, 0) is 4.74 Å². The Bertz CT molecular complexity index is 309. The normalized spacial score (nSPS) is 19.4. The predicted octanol–water partition coefficient (Wildman–Crippen LogP) is 4.07. The van der Waals surface area contributed by atoms with Crippen molar-refractivity contribution in [3.05, 3.63) is 0 Å². The smallest absolute Gasteiger partial charge is 0.220 e. The minimum atomic E-state index is 0. The fraction of sp³-hybridized carbons (Fsp3) is 1.00. The number of nitrogens with zero attached hydrogens (tertiary/aromatic N) is 1. The first-order valence-corrected chi connectivity index (χ1v) is 11.6. The van der Waals surface area contributed by atoms with E-state index in [2.05, 4.69) is 27.9 Å². The molecule has 2 unspecified atom stereocenters.